The molecule has 0 aliphatic carbocycles. The predicted molar refractivity (Wildman–Crippen MR) is 165 cm³/mol. The van der Waals surface area contributed by atoms with E-state index in [4.69, 9.17) is 9.47 Å². The number of rotatable bonds is 11. The molecule has 1 saturated heterocycles. The maximum atomic E-state index is 13.7. The van der Waals surface area contributed by atoms with E-state index in [0.29, 0.717) is 40.4 Å². The van der Waals surface area contributed by atoms with Crippen LogP contribution in [-0.2, 0) is 15.3 Å². The number of halogens is 1. The summed E-state index contributed by atoms with van der Waals surface area (Å²) in [5.74, 6) is -1.06. The highest BCUT2D eigenvalue weighted by Crippen LogP contribution is 2.45. The molecule has 0 saturated carbocycles. The number of nitrogens with zero attached hydrogens (tertiary/aromatic N) is 3. The third-order valence-electron chi connectivity index (χ3n) is 6.69. The summed E-state index contributed by atoms with van der Waals surface area (Å²) in [6, 6.07) is 17.3. The van der Waals surface area contributed by atoms with Crippen LogP contribution in [0.15, 0.2) is 76.6 Å². The molecule has 8 nitrogen and oxygen atoms in total. The van der Waals surface area contributed by atoms with Crippen LogP contribution in [0.5, 0.6) is 11.5 Å². The molecule has 5 rings (SSSR count). The van der Waals surface area contributed by atoms with Gasteiger partial charge in [-0.2, -0.15) is 0 Å². The largest absolute Gasteiger partial charge is 0.507 e. The molecule has 1 N–H and O–H groups in total. The van der Waals surface area contributed by atoms with Crippen molar-refractivity contribution in [2.45, 2.75) is 43.3 Å². The SMILES string of the molecule is CCCOc1ccc(C2/C(=C(\O)c3ccc(F)cc3)C(=O)C(=O)N2c2nnc(SCc3ccc(C)cc3)s2)cc1OCC. The van der Waals surface area contributed by atoms with Crippen molar-refractivity contribution in [1.82, 2.24) is 10.2 Å². The van der Waals surface area contributed by atoms with Crippen molar-refractivity contribution in [3.8, 4) is 11.5 Å². The summed E-state index contributed by atoms with van der Waals surface area (Å²) < 4.78 is 26.0. The van der Waals surface area contributed by atoms with Gasteiger partial charge >= 0.3 is 5.91 Å². The summed E-state index contributed by atoms with van der Waals surface area (Å²) in [6.07, 6.45) is 0.798. The molecular weight excluding hydrogens is 590 g/mol. The fourth-order valence-corrected chi connectivity index (χ4v) is 6.41. The summed E-state index contributed by atoms with van der Waals surface area (Å²) in [7, 11) is 0. The van der Waals surface area contributed by atoms with Crippen molar-refractivity contribution in [3.63, 3.8) is 0 Å². The van der Waals surface area contributed by atoms with Crippen molar-refractivity contribution in [2.75, 3.05) is 18.1 Å². The normalized spacial score (nSPS) is 16.1. The number of thioether (sulfide) groups is 1. The third kappa shape index (κ3) is 6.57. The van der Waals surface area contributed by atoms with E-state index < -0.39 is 29.3 Å². The van der Waals surface area contributed by atoms with Gasteiger partial charge in [0, 0.05) is 11.3 Å². The van der Waals surface area contributed by atoms with Gasteiger partial charge in [0.25, 0.3) is 5.78 Å². The first-order chi connectivity index (χ1) is 20.8. The molecule has 1 atom stereocenters. The fourth-order valence-electron chi connectivity index (χ4n) is 4.59. The number of benzene rings is 3. The molecule has 1 aliphatic rings. The summed E-state index contributed by atoms with van der Waals surface area (Å²) in [4.78, 5) is 28.4. The van der Waals surface area contributed by atoms with Crippen LogP contribution in [-0.4, -0.2) is 40.2 Å². The highest BCUT2D eigenvalue weighted by Gasteiger charge is 2.48. The monoisotopic (exact) mass is 619 g/mol. The number of ether oxygens (including phenoxy) is 2. The Labute approximate surface area is 257 Å². The quantitative estimate of drug-likeness (QED) is 0.0624. The molecule has 1 unspecified atom stereocenters. The zero-order chi connectivity index (χ0) is 30.5. The Bertz CT molecular complexity index is 1650. The predicted octanol–water partition coefficient (Wildman–Crippen LogP) is 7.09. The van der Waals surface area contributed by atoms with Crippen molar-refractivity contribution in [2.24, 2.45) is 0 Å². The molecule has 2 heterocycles. The van der Waals surface area contributed by atoms with Crippen LogP contribution < -0.4 is 14.4 Å². The van der Waals surface area contributed by atoms with E-state index in [1.54, 1.807) is 18.2 Å². The van der Waals surface area contributed by atoms with Gasteiger partial charge in [-0.1, -0.05) is 65.9 Å². The standard InChI is InChI=1S/C32H30FN3O5S2/c1-4-16-41-24-15-12-22(17-25(24)40-5-2)27-26(28(37)21-10-13-23(33)14-11-21)29(38)30(39)36(27)31-34-35-32(43-31)42-18-20-8-6-19(3)7-9-20/h6-15,17,27,37H,4-5,16,18H2,1-3H3/b28-26+. The van der Waals surface area contributed by atoms with Gasteiger partial charge in [-0.3, -0.25) is 14.5 Å². The molecule has 1 aromatic heterocycles. The first kappa shape index (κ1) is 30.2. The highest BCUT2D eigenvalue weighted by atomic mass is 32.2. The van der Waals surface area contributed by atoms with Gasteiger partial charge in [0.2, 0.25) is 5.13 Å². The molecule has 1 amide bonds. The van der Waals surface area contributed by atoms with E-state index in [9.17, 15) is 19.1 Å². The zero-order valence-electron chi connectivity index (χ0n) is 23.9. The van der Waals surface area contributed by atoms with Crippen molar-refractivity contribution < 1.29 is 28.6 Å². The van der Waals surface area contributed by atoms with Gasteiger partial charge in [-0.05, 0) is 67.8 Å². The van der Waals surface area contributed by atoms with Crippen LogP contribution in [0, 0.1) is 12.7 Å². The number of aliphatic hydroxyl groups is 1. The minimum Gasteiger partial charge on any atom is -0.507 e. The van der Waals surface area contributed by atoms with E-state index in [0.717, 1.165) is 12.0 Å². The van der Waals surface area contributed by atoms with Crippen LogP contribution >= 0.6 is 23.1 Å². The lowest BCUT2D eigenvalue weighted by atomic mass is 9.95. The number of ketones is 1. The maximum absolute atomic E-state index is 13.7. The summed E-state index contributed by atoms with van der Waals surface area (Å²) in [5, 5.41) is 20.1. The van der Waals surface area contributed by atoms with Crippen molar-refractivity contribution in [3.05, 3.63) is 100 Å². The van der Waals surface area contributed by atoms with Crippen LogP contribution in [0.1, 0.15) is 48.6 Å². The van der Waals surface area contributed by atoms with Gasteiger partial charge in [0.05, 0.1) is 24.8 Å². The van der Waals surface area contributed by atoms with E-state index in [2.05, 4.69) is 10.2 Å². The minimum atomic E-state index is -1.05. The zero-order valence-corrected chi connectivity index (χ0v) is 25.5. The van der Waals surface area contributed by atoms with Crippen LogP contribution in [0.4, 0.5) is 9.52 Å². The van der Waals surface area contributed by atoms with Gasteiger partial charge in [0.15, 0.2) is 15.8 Å². The smallest absolute Gasteiger partial charge is 0.301 e. The number of anilines is 1. The second-order valence-corrected chi connectivity index (χ2v) is 12.0. The number of amides is 1. The lowest BCUT2D eigenvalue weighted by Crippen LogP contribution is -2.29. The molecule has 0 spiro atoms. The van der Waals surface area contributed by atoms with Crippen LogP contribution in [0.25, 0.3) is 5.76 Å². The van der Waals surface area contributed by atoms with Crippen molar-refractivity contribution >= 4 is 45.7 Å². The first-order valence-corrected chi connectivity index (χ1v) is 15.6. The number of carbonyl (C=O) groups is 2. The fraction of sp³-hybridized carbons (Fsp3) is 0.250. The average Bonchev–Trinajstić information content (AvgIpc) is 3.58. The Morgan fingerprint density at radius 3 is 2.44 bits per heavy atom. The Morgan fingerprint density at radius 2 is 1.74 bits per heavy atom. The van der Waals surface area contributed by atoms with E-state index in [1.807, 2.05) is 45.0 Å². The first-order valence-electron chi connectivity index (χ1n) is 13.8. The third-order valence-corrected chi connectivity index (χ3v) is 8.82. The Morgan fingerprint density at radius 1 is 1.00 bits per heavy atom. The molecule has 11 heteroatoms. The van der Waals surface area contributed by atoms with Crippen LogP contribution in [0.3, 0.4) is 0 Å². The molecular formula is C32H30FN3O5S2. The molecule has 0 bridgehead atoms. The van der Waals surface area contributed by atoms with E-state index in [1.165, 1.54) is 57.8 Å². The topological polar surface area (TPSA) is 102 Å². The van der Waals surface area contributed by atoms with Crippen molar-refractivity contribution in [1.29, 1.82) is 0 Å². The second-order valence-electron chi connectivity index (χ2n) is 9.79. The maximum Gasteiger partial charge on any atom is 0.301 e. The average molecular weight is 620 g/mol. The number of hydrogen-bond acceptors (Lipinski definition) is 9. The Hall–Kier alpha value is -4.22. The highest BCUT2D eigenvalue weighted by molar-refractivity contribution is 8.00. The Kier molecular flexibility index (Phi) is 9.42. The van der Waals surface area contributed by atoms with Gasteiger partial charge in [-0.15, -0.1) is 10.2 Å². The molecule has 1 aliphatic heterocycles. The summed E-state index contributed by atoms with van der Waals surface area (Å²) in [6.45, 7) is 6.70. The van der Waals surface area contributed by atoms with Gasteiger partial charge in [-0.25, -0.2) is 4.39 Å². The number of Topliss-reactive ketones (excluding diaryl/α,β-unsaturated/α-hetero) is 1. The number of hydrogen-bond donors (Lipinski definition) is 1. The number of aromatic nitrogens is 2. The number of aliphatic hydroxyl groups excluding tert-OH is 1. The lowest BCUT2D eigenvalue weighted by molar-refractivity contribution is -0.132. The molecule has 43 heavy (non-hydrogen) atoms. The molecule has 4 aromatic rings. The number of carbonyl (C=O) groups excluding carboxylic acids is 2. The second kappa shape index (κ2) is 13.4. The Balaban J connectivity index is 1.57. The van der Waals surface area contributed by atoms with Gasteiger partial charge < -0.3 is 14.6 Å². The van der Waals surface area contributed by atoms with E-state index >= 15 is 0 Å². The van der Waals surface area contributed by atoms with Gasteiger partial charge in [0.1, 0.15) is 11.6 Å². The van der Waals surface area contributed by atoms with E-state index in [-0.39, 0.29) is 16.3 Å². The summed E-state index contributed by atoms with van der Waals surface area (Å²) >= 11 is 2.65. The molecule has 1 fully saturated rings. The minimum absolute atomic E-state index is 0.148. The molecule has 0 radical (unpaired) electrons. The molecule has 222 valence electrons. The summed E-state index contributed by atoms with van der Waals surface area (Å²) in [5.41, 5.74) is 2.83. The molecule has 3 aromatic carbocycles. The lowest BCUT2D eigenvalue weighted by Gasteiger charge is -2.23. The number of aryl methyl sites for hydroxylation is 1. The van der Waals surface area contributed by atoms with Crippen LogP contribution in [0.2, 0.25) is 0 Å².